The third-order valence-corrected chi connectivity index (χ3v) is 9.61. The van der Waals surface area contributed by atoms with E-state index >= 15 is 0 Å². The number of fused-ring (bicyclic) bond motifs is 1. The smallest absolute Gasteiger partial charge is 0.243 e. The molecule has 0 spiro atoms. The van der Waals surface area contributed by atoms with E-state index in [2.05, 4.69) is 23.3 Å². The number of sulfonamides is 1. The average Bonchev–Trinajstić information content (AvgIpc) is 2.80. The Hall–Kier alpha value is -1.90. The highest BCUT2D eigenvalue weighted by atomic mass is 35.5. The summed E-state index contributed by atoms with van der Waals surface area (Å²) in [5, 5.41) is 6.21. The molecule has 1 aromatic rings. The predicted octanol–water partition coefficient (Wildman–Crippen LogP) is 3.11. The van der Waals surface area contributed by atoms with Gasteiger partial charge in [-0.15, -0.1) is 6.58 Å². The molecular weight excluding hydrogens is 462 g/mol. The SMILES string of the molecule is C=C[C@@H]1CC[C@@H]2C[C@H](NC(=O)C[C@@H]3C(=O)NCCN3S(=O)(=O)c3ccc(Cl)cc3)CC[C@@H]2C1. The third-order valence-electron chi connectivity index (χ3n) is 7.43. The van der Waals surface area contributed by atoms with Crippen LogP contribution in [-0.4, -0.2) is 49.7 Å². The van der Waals surface area contributed by atoms with Crippen LogP contribution in [0.25, 0.3) is 0 Å². The standard InChI is InChI=1S/C24H32ClN3O4S/c1-2-16-3-4-18-14-20(8-5-17(18)13-16)27-23(29)15-22-24(30)26-11-12-28(22)33(31,32)21-9-6-19(25)7-10-21/h2,6-7,9-10,16-18,20,22H,1,3-5,8,11-15H2,(H,26,30)(H,27,29)/t16-,17-,18-,20-,22-/m1/s1. The summed E-state index contributed by atoms with van der Waals surface area (Å²) in [6, 6.07) is 4.84. The number of carbonyl (C=O) groups excluding carboxylic acids is 2. The monoisotopic (exact) mass is 493 g/mol. The fourth-order valence-electron chi connectivity index (χ4n) is 5.65. The number of piperazine rings is 1. The molecule has 2 amide bonds. The van der Waals surface area contributed by atoms with Gasteiger partial charge in [0, 0.05) is 24.2 Å². The second-order valence-corrected chi connectivity index (χ2v) is 11.8. The van der Waals surface area contributed by atoms with Crippen LogP contribution in [0, 0.1) is 17.8 Å². The number of hydrogen-bond acceptors (Lipinski definition) is 4. The van der Waals surface area contributed by atoms with Crippen LogP contribution >= 0.6 is 11.6 Å². The molecule has 2 N–H and O–H groups in total. The van der Waals surface area contributed by atoms with Gasteiger partial charge in [-0.3, -0.25) is 9.59 Å². The van der Waals surface area contributed by atoms with Crippen LogP contribution in [0.3, 0.4) is 0 Å². The van der Waals surface area contributed by atoms with Crippen LogP contribution in [0.5, 0.6) is 0 Å². The van der Waals surface area contributed by atoms with E-state index in [9.17, 15) is 18.0 Å². The molecular formula is C24H32ClN3O4S. The van der Waals surface area contributed by atoms with Crippen LogP contribution in [0.1, 0.15) is 44.9 Å². The Labute approximate surface area is 201 Å². The molecule has 3 fully saturated rings. The van der Waals surface area contributed by atoms with Crippen LogP contribution in [0.15, 0.2) is 41.8 Å². The van der Waals surface area contributed by atoms with Gasteiger partial charge in [-0.25, -0.2) is 8.42 Å². The quantitative estimate of drug-likeness (QED) is 0.595. The van der Waals surface area contributed by atoms with Crippen molar-refractivity contribution in [1.82, 2.24) is 14.9 Å². The molecule has 0 bridgehead atoms. The number of nitrogens with one attached hydrogen (secondary N) is 2. The molecule has 1 saturated heterocycles. The Morgan fingerprint density at radius 1 is 1.15 bits per heavy atom. The highest BCUT2D eigenvalue weighted by Crippen LogP contribution is 2.43. The highest BCUT2D eigenvalue weighted by Gasteiger charge is 2.40. The molecule has 0 unspecified atom stereocenters. The highest BCUT2D eigenvalue weighted by molar-refractivity contribution is 7.89. The zero-order chi connectivity index (χ0) is 23.6. The Bertz CT molecular complexity index is 997. The second-order valence-electron chi connectivity index (χ2n) is 9.49. The lowest BCUT2D eigenvalue weighted by Gasteiger charge is -2.42. The first-order valence-electron chi connectivity index (χ1n) is 11.7. The molecule has 1 heterocycles. The zero-order valence-electron chi connectivity index (χ0n) is 18.7. The Morgan fingerprint density at radius 3 is 2.58 bits per heavy atom. The van der Waals surface area contributed by atoms with Gasteiger partial charge in [0.05, 0.1) is 11.3 Å². The molecule has 0 aromatic heterocycles. The van der Waals surface area contributed by atoms with Gasteiger partial charge in [-0.1, -0.05) is 17.7 Å². The summed E-state index contributed by atoms with van der Waals surface area (Å²) < 4.78 is 27.5. The van der Waals surface area contributed by atoms with Crippen molar-refractivity contribution in [3.63, 3.8) is 0 Å². The predicted molar refractivity (Wildman–Crippen MR) is 127 cm³/mol. The number of amides is 2. The molecule has 2 aliphatic carbocycles. The van der Waals surface area contributed by atoms with Crippen molar-refractivity contribution in [1.29, 1.82) is 0 Å². The molecule has 0 radical (unpaired) electrons. The topological polar surface area (TPSA) is 95.6 Å². The maximum absolute atomic E-state index is 13.2. The van der Waals surface area contributed by atoms with Gasteiger partial charge in [-0.05, 0) is 80.5 Å². The van der Waals surface area contributed by atoms with Crippen molar-refractivity contribution in [3.8, 4) is 0 Å². The summed E-state index contributed by atoms with van der Waals surface area (Å²) in [6.45, 7) is 4.27. The van der Waals surface area contributed by atoms with Crippen molar-refractivity contribution < 1.29 is 18.0 Å². The minimum atomic E-state index is -3.94. The number of halogens is 1. The van der Waals surface area contributed by atoms with Crippen molar-refractivity contribution in [2.75, 3.05) is 13.1 Å². The molecule has 4 rings (SSSR count). The number of benzene rings is 1. The molecule has 5 atom stereocenters. The summed E-state index contributed by atoms with van der Waals surface area (Å²) in [5.74, 6) is 1.19. The maximum Gasteiger partial charge on any atom is 0.243 e. The number of rotatable bonds is 6. The molecule has 3 aliphatic rings. The fourth-order valence-corrected chi connectivity index (χ4v) is 7.36. The lowest BCUT2D eigenvalue weighted by molar-refractivity contribution is -0.132. The summed E-state index contributed by atoms with van der Waals surface area (Å²) >= 11 is 5.89. The lowest BCUT2D eigenvalue weighted by atomic mass is 9.66. The van der Waals surface area contributed by atoms with Crippen molar-refractivity contribution in [2.24, 2.45) is 17.8 Å². The van der Waals surface area contributed by atoms with E-state index < -0.39 is 22.0 Å². The van der Waals surface area contributed by atoms with Crippen LogP contribution in [-0.2, 0) is 19.6 Å². The molecule has 1 aliphatic heterocycles. The van der Waals surface area contributed by atoms with Gasteiger partial charge in [0.25, 0.3) is 0 Å². The van der Waals surface area contributed by atoms with E-state index in [4.69, 9.17) is 11.6 Å². The molecule has 7 nitrogen and oxygen atoms in total. The first-order chi connectivity index (χ1) is 15.8. The van der Waals surface area contributed by atoms with Gasteiger partial charge < -0.3 is 10.6 Å². The summed E-state index contributed by atoms with van der Waals surface area (Å²) in [5.41, 5.74) is 0. The second kappa shape index (κ2) is 10.2. The van der Waals surface area contributed by atoms with Gasteiger partial charge in [0.15, 0.2) is 0 Å². The van der Waals surface area contributed by atoms with Crippen LogP contribution in [0.4, 0.5) is 0 Å². The van der Waals surface area contributed by atoms with E-state index in [1.807, 2.05) is 0 Å². The average molecular weight is 494 g/mol. The zero-order valence-corrected chi connectivity index (χ0v) is 20.3. The Balaban J connectivity index is 1.40. The Kier molecular flexibility index (Phi) is 7.46. The number of nitrogens with zero attached hydrogens (tertiary/aromatic N) is 1. The summed E-state index contributed by atoms with van der Waals surface area (Å²) in [4.78, 5) is 25.5. The normalized spacial score (nSPS) is 30.7. The number of carbonyl (C=O) groups is 2. The summed E-state index contributed by atoms with van der Waals surface area (Å²) in [6.07, 6.45) is 8.34. The molecule has 9 heteroatoms. The van der Waals surface area contributed by atoms with E-state index in [0.29, 0.717) is 22.8 Å². The summed E-state index contributed by atoms with van der Waals surface area (Å²) in [7, 11) is -3.94. The largest absolute Gasteiger partial charge is 0.353 e. The van der Waals surface area contributed by atoms with Gasteiger partial charge >= 0.3 is 0 Å². The Morgan fingerprint density at radius 2 is 1.85 bits per heavy atom. The first kappa shape index (κ1) is 24.2. The van der Waals surface area contributed by atoms with Gasteiger partial charge in [0.1, 0.15) is 6.04 Å². The van der Waals surface area contributed by atoms with E-state index in [1.165, 1.54) is 30.7 Å². The molecule has 180 valence electrons. The van der Waals surface area contributed by atoms with E-state index in [1.54, 1.807) is 0 Å². The lowest BCUT2D eigenvalue weighted by Crippen LogP contribution is -2.58. The molecule has 33 heavy (non-hydrogen) atoms. The van der Waals surface area contributed by atoms with E-state index in [-0.39, 0.29) is 36.4 Å². The maximum atomic E-state index is 13.2. The van der Waals surface area contributed by atoms with Gasteiger partial charge in [0.2, 0.25) is 21.8 Å². The van der Waals surface area contributed by atoms with Crippen LogP contribution in [0.2, 0.25) is 5.02 Å². The third kappa shape index (κ3) is 5.44. The van der Waals surface area contributed by atoms with Gasteiger partial charge in [-0.2, -0.15) is 4.31 Å². The fraction of sp³-hybridized carbons (Fsp3) is 0.583. The van der Waals surface area contributed by atoms with E-state index in [0.717, 1.165) is 36.4 Å². The van der Waals surface area contributed by atoms with Crippen molar-refractivity contribution in [3.05, 3.63) is 41.9 Å². The minimum absolute atomic E-state index is 0.0560. The van der Waals surface area contributed by atoms with Crippen molar-refractivity contribution >= 4 is 33.4 Å². The number of hydrogen-bond donors (Lipinski definition) is 2. The minimum Gasteiger partial charge on any atom is -0.353 e. The van der Waals surface area contributed by atoms with Crippen molar-refractivity contribution in [2.45, 2.75) is 61.9 Å². The molecule has 1 aromatic carbocycles. The van der Waals surface area contributed by atoms with Crippen LogP contribution < -0.4 is 10.6 Å². The first-order valence-corrected chi connectivity index (χ1v) is 13.6. The number of allylic oxidation sites excluding steroid dienone is 1. The molecule has 2 saturated carbocycles.